The third-order valence-corrected chi connectivity index (χ3v) is 3.31. The van der Waals surface area contributed by atoms with Gasteiger partial charge in [0.25, 0.3) is 0 Å². The summed E-state index contributed by atoms with van der Waals surface area (Å²) >= 11 is 0. The van der Waals surface area contributed by atoms with E-state index in [1.165, 1.54) is 19.3 Å². The summed E-state index contributed by atoms with van der Waals surface area (Å²) in [5.74, 6) is 2.96. The zero-order chi connectivity index (χ0) is 8.43. The molecule has 0 bridgehead atoms. The summed E-state index contributed by atoms with van der Waals surface area (Å²) in [6.45, 7) is 6.79. The maximum Gasteiger partial charge on any atom is 0.0699 e. The van der Waals surface area contributed by atoms with Crippen molar-refractivity contribution in [3.63, 3.8) is 0 Å². The van der Waals surface area contributed by atoms with Crippen LogP contribution in [-0.4, -0.2) is 7.85 Å². The summed E-state index contributed by atoms with van der Waals surface area (Å²) in [4.78, 5) is 0. The molecular formula is C10H19B. The molecule has 1 aliphatic carbocycles. The van der Waals surface area contributed by atoms with Crippen LogP contribution in [0.15, 0.2) is 0 Å². The van der Waals surface area contributed by atoms with Gasteiger partial charge in [-0.25, -0.2) is 0 Å². The minimum atomic E-state index is 0.380. The second kappa shape index (κ2) is 3.64. The fourth-order valence-corrected chi connectivity index (χ4v) is 2.16. The quantitative estimate of drug-likeness (QED) is 0.530. The first-order valence-electron chi connectivity index (χ1n) is 4.87. The lowest BCUT2D eigenvalue weighted by Crippen LogP contribution is -2.12. The van der Waals surface area contributed by atoms with Crippen molar-refractivity contribution in [3.05, 3.63) is 0 Å². The van der Waals surface area contributed by atoms with E-state index in [1.54, 1.807) is 0 Å². The summed E-state index contributed by atoms with van der Waals surface area (Å²) in [5, 5.41) is 0. The Kier molecular flexibility index (Phi) is 3.03. The van der Waals surface area contributed by atoms with Gasteiger partial charge in [0.15, 0.2) is 0 Å². The molecular weight excluding hydrogens is 131 g/mol. The Bertz CT molecular complexity index is 120. The van der Waals surface area contributed by atoms with Gasteiger partial charge < -0.3 is 0 Å². The predicted molar refractivity (Wildman–Crippen MR) is 50.8 cm³/mol. The Morgan fingerprint density at radius 1 is 1.27 bits per heavy atom. The van der Waals surface area contributed by atoms with Crippen LogP contribution in [0.25, 0.3) is 0 Å². The molecule has 1 fully saturated rings. The Balaban J connectivity index is 2.36. The van der Waals surface area contributed by atoms with Crippen molar-refractivity contribution in [3.8, 4) is 0 Å². The van der Waals surface area contributed by atoms with Crippen molar-refractivity contribution in [1.29, 1.82) is 0 Å². The molecule has 0 amide bonds. The third-order valence-electron chi connectivity index (χ3n) is 3.31. The van der Waals surface area contributed by atoms with Crippen molar-refractivity contribution in [2.75, 3.05) is 0 Å². The molecule has 0 nitrogen and oxygen atoms in total. The molecule has 1 aliphatic rings. The molecule has 11 heavy (non-hydrogen) atoms. The van der Waals surface area contributed by atoms with Gasteiger partial charge in [0, 0.05) is 0 Å². The number of hydrogen-bond donors (Lipinski definition) is 0. The van der Waals surface area contributed by atoms with E-state index >= 15 is 0 Å². The van der Waals surface area contributed by atoms with Gasteiger partial charge in [0.05, 0.1) is 7.85 Å². The van der Waals surface area contributed by atoms with E-state index in [2.05, 4.69) is 20.8 Å². The number of hydrogen-bond acceptors (Lipinski definition) is 0. The average Bonchev–Trinajstić information content (AvgIpc) is 2.34. The van der Waals surface area contributed by atoms with Gasteiger partial charge in [-0.3, -0.25) is 0 Å². The van der Waals surface area contributed by atoms with Crippen LogP contribution in [0.3, 0.4) is 0 Å². The van der Waals surface area contributed by atoms with Gasteiger partial charge in [0.2, 0.25) is 0 Å². The fraction of sp³-hybridized carbons (Fsp3) is 1.00. The Morgan fingerprint density at radius 3 is 2.27 bits per heavy atom. The molecule has 0 aromatic rings. The van der Waals surface area contributed by atoms with Crippen LogP contribution in [0.4, 0.5) is 0 Å². The van der Waals surface area contributed by atoms with Gasteiger partial charge in [-0.15, -0.1) is 0 Å². The van der Waals surface area contributed by atoms with Crippen LogP contribution >= 0.6 is 0 Å². The lowest BCUT2D eigenvalue weighted by atomic mass is 9.72. The topological polar surface area (TPSA) is 0 Å². The Hall–Kier alpha value is 0.0649. The van der Waals surface area contributed by atoms with Crippen molar-refractivity contribution >= 4 is 7.85 Å². The first-order chi connectivity index (χ1) is 5.11. The van der Waals surface area contributed by atoms with E-state index in [4.69, 9.17) is 7.85 Å². The predicted octanol–water partition coefficient (Wildman–Crippen LogP) is 3.04. The van der Waals surface area contributed by atoms with Crippen LogP contribution in [0.1, 0.15) is 40.0 Å². The van der Waals surface area contributed by atoms with Crippen LogP contribution < -0.4 is 0 Å². The molecule has 0 aromatic heterocycles. The van der Waals surface area contributed by atoms with E-state index in [-0.39, 0.29) is 0 Å². The van der Waals surface area contributed by atoms with E-state index in [0.29, 0.717) is 5.82 Å². The zero-order valence-electron chi connectivity index (χ0n) is 8.01. The lowest BCUT2D eigenvalue weighted by molar-refractivity contribution is 0.348. The van der Waals surface area contributed by atoms with E-state index in [0.717, 1.165) is 17.8 Å². The standard InChI is InChI=1S/C10H19B/c1-7-4-5-10(6-7)8(2)9(3)11/h7-10H,4-6H2,1-3H3. The molecule has 4 unspecified atom stereocenters. The maximum atomic E-state index is 5.86. The second-order valence-corrected chi connectivity index (χ2v) is 4.40. The summed E-state index contributed by atoms with van der Waals surface area (Å²) in [6, 6.07) is 0. The van der Waals surface area contributed by atoms with E-state index < -0.39 is 0 Å². The minimum absolute atomic E-state index is 0.380. The van der Waals surface area contributed by atoms with Gasteiger partial charge >= 0.3 is 0 Å². The van der Waals surface area contributed by atoms with Crippen LogP contribution in [0.2, 0.25) is 5.82 Å². The molecule has 2 radical (unpaired) electrons. The van der Waals surface area contributed by atoms with Crippen molar-refractivity contribution in [1.82, 2.24) is 0 Å². The summed E-state index contributed by atoms with van der Waals surface area (Å²) < 4.78 is 0. The summed E-state index contributed by atoms with van der Waals surface area (Å²) in [6.07, 6.45) is 4.23. The molecule has 0 aliphatic heterocycles. The van der Waals surface area contributed by atoms with Gasteiger partial charge in [-0.05, 0) is 30.6 Å². The molecule has 1 rings (SSSR count). The highest BCUT2D eigenvalue weighted by molar-refractivity contribution is 6.11. The molecule has 4 atom stereocenters. The lowest BCUT2D eigenvalue weighted by Gasteiger charge is -2.22. The van der Waals surface area contributed by atoms with Crippen molar-refractivity contribution < 1.29 is 0 Å². The van der Waals surface area contributed by atoms with Crippen LogP contribution in [-0.2, 0) is 0 Å². The smallest absolute Gasteiger partial charge is 0.0699 e. The third kappa shape index (κ3) is 2.25. The van der Waals surface area contributed by atoms with Crippen molar-refractivity contribution in [2.24, 2.45) is 17.8 Å². The maximum absolute atomic E-state index is 5.86. The SMILES string of the molecule is [B]C(C)C(C)C1CCC(C)C1. The Labute approximate surface area is 72.2 Å². The fourth-order valence-electron chi connectivity index (χ4n) is 2.16. The first kappa shape index (κ1) is 9.16. The van der Waals surface area contributed by atoms with Gasteiger partial charge in [-0.2, -0.15) is 0 Å². The largest absolute Gasteiger partial charge is 0.0774 e. The molecule has 0 spiro atoms. The van der Waals surface area contributed by atoms with Crippen LogP contribution in [0, 0.1) is 17.8 Å². The van der Waals surface area contributed by atoms with Gasteiger partial charge in [-0.1, -0.05) is 33.0 Å². The molecule has 1 saturated carbocycles. The highest BCUT2D eigenvalue weighted by atomic mass is 14.3. The first-order valence-corrected chi connectivity index (χ1v) is 4.87. The van der Waals surface area contributed by atoms with Crippen LogP contribution in [0.5, 0.6) is 0 Å². The Morgan fingerprint density at radius 2 is 1.91 bits per heavy atom. The highest BCUT2D eigenvalue weighted by Crippen LogP contribution is 2.38. The average molecular weight is 150 g/mol. The highest BCUT2D eigenvalue weighted by Gasteiger charge is 2.26. The monoisotopic (exact) mass is 150 g/mol. The van der Waals surface area contributed by atoms with E-state index in [9.17, 15) is 0 Å². The molecule has 1 heteroatoms. The summed E-state index contributed by atoms with van der Waals surface area (Å²) in [7, 11) is 5.86. The number of rotatable bonds is 2. The summed E-state index contributed by atoms with van der Waals surface area (Å²) in [5.41, 5.74) is 0. The molecule has 0 N–H and O–H groups in total. The zero-order valence-corrected chi connectivity index (χ0v) is 8.01. The van der Waals surface area contributed by atoms with E-state index in [1.807, 2.05) is 0 Å². The second-order valence-electron chi connectivity index (χ2n) is 4.40. The molecule has 0 aromatic carbocycles. The van der Waals surface area contributed by atoms with Gasteiger partial charge in [0.1, 0.15) is 0 Å². The molecule has 62 valence electrons. The van der Waals surface area contributed by atoms with Crippen molar-refractivity contribution in [2.45, 2.75) is 45.9 Å². The minimum Gasteiger partial charge on any atom is -0.0774 e. The molecule has 0 saturated heterocycles. The molecule has 0 heterocycles. The normalized spacial score (nSPS) is 37.0.